The van der Waals surface area contributed by atoms with Crippen molar-refractivity contribution in [3.05, 3.63) is 5.89 Å². The lowest BCUT2D eigenvalue weighted by Gasteiger charge is -2.08. The minimum Gasteiger partial charge on any atom is -0.408 e. The van der Waals surface area contributed by atoms with Gasteiger partial charge in [-0.2, -0.15) is 11.8 Å². The van der Waals surface area contributed by atoms with E-state index < -0.39 is 0 Å². The molecule has 0 fully saturated rings. The van der Waals surface area contributed by atoms with Gasteiger partial charge in [-0.25, -0.2) is 0 Å². The maximum atomic E-state index is 5.56. The molecule has 0 aromatic carbocycles. The Morgan fingerprint density at radius 3 is 3.00 bits per heavy atom. The standard InChI is InChI=1S/C9H16ClN3OS/c1-7(6-15-2)5-11-9-13-12-8(14-9)3-4-10/h7H,3-6H2,1-2H3,(H,11,13). The number of halogens is 1. The molecule has 0 bridgehead atoms. The summed E-state index contributed by atoms with van der Waals surface area (Å²) in [5.41, 5.74) is 0. The van der Waals surface area contributed by atoms with Crippen LogP contribution < -0.4 is 5.32 Å². The average molecular weight is 250 g/mol. The van der Waals surface area contributed by atoms with Crippen molar-refractivity contribution in [2.24, 2.45) is 5.92 Å². The topological polar surface area (TPSA) is 51.0 Å². The number of rotatable bonds is 7. The van der Waals surface area contributed by atoms with Crippen molar-refractivity contribution >= 4 is 29.4 Å². The number of alkyl halides is 1. The summed E-state index contributed by atoms with van der Waals surface area (Å²) in [7, 11) is 0. The third-order valence-corrected chi connectivity index (χ3v) is 2.92. The first kappa shape index (κ1) is 12.6. The molecule has 0 radical (unpaired) electrons. The number of hydrogen-bond acceptors (Lipinski definition) is 5. The molecule has 86 valence electrons. The van der Waals surface area contributed by atoms with Gasteiger partial charge in [-0.05, 0) is 17.9 Å². The van der Waals surface area contributed by atoms with E-state index in [-0.39, 0.29) is 0 Å². The lowest BCUT2D eigenvalue weighted by molar-refractivity contribution is 0.508. The second-order valence-electron chi connectivity index (χ2n) is 3.38. The van der Waals surface area contributed by atoms with Gasteiger partial charge in [0.2, 0.25) is 5.89 Å². The van der Waals surface area contributed by atoms with E-state index in [1.165, 1.54) is 0 Å². The smallest absolute Gasteiger partial charge is 0.315 e. The Balaban J connectivity index is 2.30. The molecule has 0 saturated carbocycles. The van der Waals surface area contributed by atoms with Gasteiger partial charge in [0.1, 0.15) is 0 Å². The lowest BCUT2D eigenvalue weighted by Crippen LogP contribution is -2.13. The summed E-state index contributed by atoms with van der Waals surface area (Å²) in [5.74, 6) is 2.80. The van der Waals surface area contributed by atoms with Crippen molar-refractivity contribution in [1.29, 1.82) is 0 Å². The second-order valence-corrected chi connectivity index (χ2v) is 4.67. The quantitative estimate of drug-likeness (QED) is 0.752. The molecular formula is C9H16ClN3OS. The van der Waals surface area contributed by atoms with Crippen LogP contribution in [0, 0.1) is 5.92 Å². The Hall–Kier alpha value is -0.420. The summed E-state index contributed by atoms with van der Waals surface area (Å²) in [4.78, 5) is 0. The summed E-state index contributed by atoms with van der Waals surface area (Å²) < 4.78 is 5.33. The van der Waals surface area contributed by atoms with E-state index in [0.717, 1.165) is 12.3 Å². The largest absolute Gasteiger partial charge is 0.408 e. The molecule has 0 amide bonds. The number of nitrogens with zero attached hydrogens (tertiary/aromatic N) is 2. The van der Waals surface area contributed by atoms with E-state index in [1.54, 1.807) is 0 Å². The van der Waals surface area contributed by atoms with Crippen LogP contribution in [0.15, 0.2) is 4.42 Å². The molecule has 0 aliphatic rings. The molecule has 1 aromatic heterocycles. The van der Waals surface area contributed by atoms with Gasteiger partial charge in [0, 0.05) is 18.8 Å². The zero-order chi connectivity index (χ0) is 11.1. The highest BCUT2D eigenvalue weighted by Crippen LogP contribution is 2.09. The molecule has 0 spiro atoms. The van der Waals surface area contributed by atoms with Crippen molar-refractivity contribution in [2.75, 3.05) is 29.8 Å². The van der Waals surface area contributed by atoms with Gasteiger partial charge in [0.15, 0.2) is 0 Å². The highest BCUT2D eigenvalue weighted by Gasteiger charge is 2.06. The van der Waals surface area contributed by atoms with E-state index in [0.29, 0.717) is 30.1 Å². The number of aryl methyl sites for hydroxylation is 1. The van der Waals surface area contributed by atoms with Gasteiger partial charge in [-0.3, -0.25) is 0 Å². The molecule has 0 aliphatic heterocycles. The van der Waals surface area contributed by atoms with Crippen molar-refractivity contribution in [1.82, 2.24) is 10.2 Å². The van der Waals surface area contributed by atoms with Gasteiger partial charge in [-0.1, -0.05) is 12.0 Å². The van der Waals surface area contributed by atoms with Crippen LogP contribution in [-0.2, 0) is 6.42 Å². The highest BCUT2D eigenvalue weighted by atomic mass is 35.5. The number of anilines is 1. The van der Waals surface area contributed by atoms with Crippen LogP contribution >= 0.6 is 23.4 Å². The molecule has 4 nitrogen and oxygen atoms in total. The van der Waals surface area contributed by atoms with E-state index in [9.17, 15) is 0 Å². The molecule has 1 aromatic rings. The van der Waals surface area contributed by atoms with E-state index in [1.807, 2.05) is 11.8 Å². The van der Waals surface area contributed by atoms with E-state index in [4.69, 9.17) is 16.0 Å². The molecule has 1 N–H and O–H groups in total. The van der Waals surface area contributed by atoms with Crippen molar-refractivity contribution in [3.63, 3.8) is 0 Å². The van der Waals surface area contributed by atoms with Crippen molar-refractivity contribution in [3.8, 4) is 0 Å². The molecule has 1 atom stereocenters. The van der Waals surface area contributed by atoms with E-state index in [2.05, 4.69) is 28.7 Å². The van der Waals surface area contributed by atoms with Gasteiger partial charge >= 0.3 is 6.01 Å². The summed E-state index contributed by atoms with van der Waals surface area (Å²) in [5, 5.41) is 10.8. The zero-order valence-corrected chi connectivity index (χ0v) is 10.6. The fraction of sp³-hybridized carbons (Fsp3) is 0.778. The number of aromatic nitrogens is 2. The molecule has 15 heavy (non-hydrogen) atoms. The second kappa shape index (κ2) is 6.95. The number of nitrogens with one attached hydrogen (secondary N) is 1. The maximum Gasteiger partial charge on any atom is 0.315 e. The van der Waals surface area contributed by atoms with Crippen molar-refractivity contribution in [2.45, 2.75) is 13.3 Å². The molecule has 1 rings (SSSR count). The van der Waals surface area contributed by atoms with Crippen LogP contribution in [0.4, 0.5) is 6.01 Å². The maximum absolute atomic E-state index is 5.56. The fourth-order valence-electron chi connectivity index (χ4n) is 1.11. The van der Waals surface area contributed by atoms with E-state index >= 15 is 0 Å². The molecule has 0 saturated heterocycles. The first-order chi connectivity index (χ1) is 7.26. The summed E-state index contributed by atoms with van der Waals surface area (Å²) in [6.45, 7) is 3.03. The molecule has 1 unspecified atom stereocenters. The van der Waals surface area contributed by atoms with Crippen LogP contribution in [0.1, 0.15) is 12.8 Å². The summed E-state index contributed by atoms with van der Waals surface area (Å²) in [6.07, 6.45) is 2.72. The Labute approximate surface area is 99.2 Å². The predicted octanol–water partition coefficient (Wildman–Crippen LogP) is 2.26. The minimum absolute atomic E-state index is 0.489. The van der Waals surface area contributed by atoms with Crippen LogP contribution in [0.25, 0.3) is 0 Å². The van der Waals surface area contributed by atoms with Gasteiger partial charge in [-0.15, -0.1) is 16.7 Å². The summed E-state index contributed by atoms with van der Waals surface area (Å²) >= 11 is 7.40. The molecular weight excluding hydrogens is 234 g/mol. The molecule has 0 aliphatic carbocycles. The Morgan fingerprint density at radius 1 is 1.53 bits per heavy atom. The lowest BCUT2D eigenvalue weighted by atomic mass is 10.2. The predicted molar refractivity (Wildman–Crippen MR) is 64.8 cm³/mol. The van der Waals surface area contributed by atoms with Gasteiger partial charge in [0.25, 0.3) is 0 Å². The van der Waals surface area contributed by atoms with Crippen LogP contribution in [0.2, 0.25) is 0 Å². The normalized spacial score (nSPS) is 12.7. The van der Waals surface area contributed by atoms with Gasteiger partial charge < -0.3 is 9.73 Å². The van der Waals surface area contributed by atoms with Crippen LogP contribution in [-0.4, -0.2) is 34.6 Å². The first-order valence-corrected chi connectivity index (χ1v) is 6.80. The van der Waals surface area contributed by atoms with Gasteiger partial charge in [0.05, 0.1) is 0 Å². The monoisotopic (exact) mass is 249 g/mol. The zero-order valence-electron chi connectivity index (χ0n) is 8.99. The third-order valence-electron chi connectivity index (χ3n) is 1.83. The number of thioether (sulfide) groups is 1. The Kier molecular flexibility index (Phi) is 5.86. The fourth-order valence-corrected chi connectivity index (χ4v) is 1.96. The highest BCUT2D eigenvalue weighted by molar-refractivity contribution is 7.98. The van der Waals surface area contributed by atoms with Crippen molar-refractivity contribution < 1.29 is 4.42 Å². The van der Waals surface area contributed by atoms with Crippen LogP contribution in [0.3, 0.4) is 0 Å². The molecule has 1 heterocycles. The number of hydrogen-bond donors (Lipinski definition) is 1. The Morgan fingerprint density at radius 2 is 2.33 bits per heavy atom. The first-order valence-electron chi connectivity index (χ1n) is 4.87. The SMILES string of the molecule is CSCC(C)CNc1nnc(CCCl)o1. The Bertz CT molecular complexity index is 282. The minimum atomic E-state index is 0.489. The average Bonchev–Trinajstić information content (AvgIpc) is 2.64. The third kappa shape index (κ3) is 4.75. The summed E-state index contributed by atoms with van der Waals surface area (Å²) in [6, 6.07) is 0.489. The molecule has 6 heteroatoms. The van der Waals surface area contributed by atoms with Crippen LogP contribution in [0.5, 0.6) is 0 Å².